The summed E-state index contributed by atoms with van der Waals surface area (Å²) in [7, 11) is 0. The molecule has 22 heavy (non-hydrogen) atoms. The van der Waals surface area contributed by atoms with E-state index in [0.29, 0.717) is 19.0 Å². The number of nitrogens with two attached hydrogens (primary N) is 1. The molecule has 2 aromatic rings. The summed E-state index contributed by atoms with van der Waals surface area (Å²) in [5.74, 6) is 1.27. The van der Waals surface area contributed by atoms with E-state index < -0.39 is 0 Å². The molecule has 1 aliphatic carbocycles. The summed E-state index contributed by atoms with van der Waals surface area (Å²) < 4.78 is 5.32. The number of nitrogens with one attached hydrogen (secondary N) is 1. The van der Waals surface area contributed by atoms with Gasteiger partial charge in [0, 0.05) is 11.3 Å². The van der Waals surface area contributed by atoms with Gasteiger partial charge in [0.2, 0.25) is 5.91 Å². The minimum atomic E-state index is 0. The number of carbonyl (C=O) groups is 1. The van der Waals surface area contributed by atoms with Crippen LogP contribution in [-0.4, -0.2) is 17.4 Å². The Morgan fingerprint density at radius 3 is 3.09 bits per heavy atom. The molecular formula is C15H20ClN3O2S. The number of thiazole rings is 1. The molecular weight excluding hydrogens is 322 g/mol. The fraction of sp³-hybridized carbons (Fsp3) is 0.467. The summed E-state index contributed by atoms with van der Waals surface area (Å²) in [5, 5.41) is 5.77. The molecule has 3 N–H and O–H groups in total. The van der Waals surface area contributed by atoms with E-state index in [0.717, 1.165) is 35.7 Å². The molecule has 3 rings (SSSR count). The van der Waals surface area contributed by atoms with Crippen LogP contribution < -0.4 is 11.1 Å². The zero-order chi connectivity index (χ0) is 14.7. The molecule has 7 heteroatoms. The van der Waals surface area contributed by atoms with Gasteiger partial charge in [0.25, 0.3) is 0 Å². The van der Waals surface area contributed by atoms with Crippen molar-refractivity contribution in [2.45, 2.75) is 25.8 Å². The number of nitrogens with zero attached hydrogens (tertiary/aromatic N) is 1. The first-order valence-electron chi connectivity index (χ1n) is 7.24. The maximum atomic E-state index is 12.2. The maximum absolute atomic E-state index is 12.2. The van der Waals surface area contributed by atoms with Gasteiger partial charge < -0.3 is 15.5 Å². The summed E-state index contributed by atoms with van der Waals surface area (Å²) in [6.45, 7) is 1.06. The van der Waals surface area contributed by atoms with Crippen molar-refractivity contribution in [1.29, 1.82) is 0 Å². The number of hydrogen-bond acceptors (Lipinski definition) is 5. The van der Waals surface area contributed by atoms with Crippen LogP contribution in [0.1, 0.15) is 25.0 Å². The van der Waals surface area contributed by atoms with Gasteiger partial charge in [0.05, 0.1) is 18.5 Å². The highest BCUT2D eigenvalue weighted by Crippen LogP contribution is 2.31. The standard InChI is InChI=1S/C15H19N3O2S.ClH/c16-7-10-3-1-4-12(10)14(19)17-8-11-9-21-15(18-11)13-5-2-6-20-13;/h2,5-6,9-10,12H,1,3-4,7-8,16H2,(H,17,19);1H/t10-,12-;/m1./s1. The quantitative estimate of drug-likeness (QED) is 0.876. The Kier molecular flexibility index (Phi) is 5.99. The largest absolute Gasteiger partial charge is 0.462 e. The Morgan fingerprint density at radius 1 is 1.50 bits per heavy atom. The molecule has 0 saturated heterocycles. The van der Waals surface area contributed by atoms with E-state index in [-0.39, 0.29) is 24.2 Å². The Hall–Kier alpha value is -1.37. The summed E-state index contributed by atoms with van der Waals surface area (Å²) >= 11 is 1.52. The number of rotatable bonds is 5. The van der Waals surface area contributed by atoms with Crippen molar-refractivity contribution in [2.75, 3.05) is 6.54 Å². The van der Waals surface area contributed by atoms with Gasteiger partial charge in [-0.25, -0.2) is 4.98 Å². The van der Waals surface area contributed by atoms with Crippen molar-refractivity contribution in [3.8, 4) is 10.8 Å². The first-order chi connectivity index (χ1) is 10.3. The van der Waals surface area contributed by atoms with Crippen LogP contribution in [0.25, 0.3) is 10.8 Å². The van der Waals surface area contributed by atoms with E-state index in [1.165, 1.54) is 11.3 Å². The van der Waals surface area contributed by atoms with Crippen LogP contribution in [0.5, 0.6) is 0 Å². The van der Waals surface area contributed by atoms with Crippen molar-refractivity contribution in [3.05, 3.63) is 29.5 Å². The van der Waals surface area contributed by atoms with Crippen molar-refractivity contribution in [3.63, 3.8) is 0 Å². The van der Waals surface area contributed by atoms with E-state index in [1.54, 1.807) is 6.26 Å². The predicted octanol–water partition coefficient (Wildman–Crippen LogP) is 2.82. The Bertz CT molecular complexity index is 600. The molecule has 0 spiro atoms. The van der Waals surface area contributed by atoms with Crippen molar-refractivity contribution in [1.82, 2.24) is 10.3 Å². The lowest BCUT2D eigenvalue weighted by Crippen LogP contribution is -2.34. The number of amides is 1. The van der Waals surface area contributed by atoms with Gasteiger partial charge in [0.15, 0.2) is 10.8 Å². The van der Waals surface area contributed by atoms with Gasteiger partial charge in [-0.05, 0) is 37.4 Å². The molecule has 2 heterocycles. The number of hydrogen-bond donors (Lipinski definition) is 2. The third-order valence-electron chi connectivity index (χ3n) is 4.03. The molecule has 1 aliphatic rings. The second-order valence-corrected chi connectivity index (χ2v) is 6.23. The highest BCUT2D eigenvalue weighted by Gasteiger charge is 2.31. The third kappa shape index (κ3) is 3.69. The maximum Gasteiger partial charge on any atom is 0.223 e. The average molecular weight is 342 g/mol. The van der Waals surface area contributed by atoms with E-state index in [2.05, 4.69) is 10.3 Å². The number of carbonyl (C=O) groups excluding carboxylic acids is 1. The van der Waals surface area contributed by atoms with Crippen LogP contribution in [0.15, 0.2) is 28.2 Å². The minimum Gasteiger partial charge on any atom is -0.462 e. The van der Waals surface area contributed by atoms with Crippen LogP contribution >= 0.6 is 23.7 Å². The number of furan rings is 1. The smallest absolute Gasteiger partial charge is 0.223 e. The van der Waals surface area contributed by atoms with E-state index in [4.69, 9.17) is 10.2 Å². The molecule has 2 aromatic heterocycles. The van der Waals surface area contributed by atoms with Gasteiger partial charge >= 0.3 is 0 Å². The fourth-order valence-electron chi connectivity index (χ4n) is 2.87. The van der Waals surface area contributed by atoms with E-state index in [9.17, 15) is 4.79 Å². The molecule has 1 amide bonds. The fourth-order valence-corrected chi connectivity index (χ4v) is 3.66. The van der Waals surface area contributed by atoms with Crippen LogP contribution in [0.3, 0.4) is 0 Å². The van der Waals surface area contributed by atoms with E-state index in [1.807, 2.05) is 17.5 Å². The highest BCUT2D eigenvalue weighted by molar-refractivity contribution is 7.13. The molecule has 120 valence electrons. The second kappa shape index (κ2) is 7.76. The van der Waals surface area contributed by atoms with Crippen molar-refractivity contribution < 1.29 is 9.21 Å². The lowest BCUT2D eigenvalue weighted by atomic mass is 9.95. The molecule has 0 aromatic carbocycles. The average Bonchev–Trinajstić information content (AvgIpc) is 3.24. The Balaban J connectivity index is 0.00000176. The zero-order valence-electron chi connectivity index (χ0n) is 12.2. The number of halogens is 1. The molecule has 0 bridgehead atoms. The second-order valence-electron chi connectivity index (χ2n) is 5.37. The van der Waals surface area contributed by atoms with Crippen LogP contribution in [0.4, 0.5) is 0 Å². The SMILES string of the molecule is Cl.NC[C@H]1CCC[C@H]1C(=O)NCc1csc(-c2ccco2)n1. The molecule has 1 saturated carbocycles. The molecule has 2 atom stereocenters. The lowest BCUT2D eigenvalue weighted by molar-refractivity contribution is -0.126. The van der Waals surface area contributed by atoms with Gasteiger partial charge in [-0.3, -0.25) is 4.79 Å². The van der Waals surface area contributed by atoms with Crippen LogP contribution in [0, 0.1) is 11.8 Å². The van der Waals surface area contributed by atoms with Crippen molar-refractivity contribution in [2.24, 2.45) is 17.6 Å². The monoisotopic (exact) mass is 341 g/mol. The first-order valence-corrected chi connectivity index (χ1v) is 8.12. The number of aromatic nitrogens is 1. The summed E-state index contributed by atoms with van der Waals surface area (Å²) in [6, 6.07) is 3.72. The molecule has 1 fully saturated rings. The Labute approximate surface area is 139 Å². The third-order valence-corrected chi connectivity index (χ3v) is 4.93. The van der Waals surface area contributed by atoms with Gasteiger partial charge in [0.1, 0.15) is 0 Å². The van der Waals surface area contributed by atoms with Crippen LogP contribution in [0.2, 0.25) is 0 Å². The first kappa shape index (κ1) is 17.0. The predicted molar refractivity (Wildman–Crippen MR) is 88.8 cm³/mol. The van der Waals surface area contributed by atoms with Gasteiger partial charge in [-0.15, -0.1) is 23.7 Å². The van der Waals surface area contributed by atoms with Gasteiger partial charge in [-0.1, -0.05) is 6.42 Å². The summed E-state index contributed by atoms with van der Waals surface area (Å²) in [4.78, 5) is 16.7. The molecule has 0 unspecified atom stereocenters. The van der Waals surface area contributed by atoms with E-state index >= 15 is 0 Å². The summed E-state index contributed by atoms with van der Waals surface area (Å²) in [6.07, 6.45) is 4.74. The minimum absolute atomic E-state index is 0. The molecule has 0 aliphatic heterocycles. The van der Waals surface area contributed by atoms with Gasteiger partial charge in [-0.2, -0.15) is 0 Å². The zero-order valence-corrected chi connectivity index (χ0v) is 13.8. The molecule has 5 nitrogen and oxygen atoms in total. The Morgan fingerprint density at radius 2 is 2.36 bits per heavy atom. The topological polar surface area (TPSA) is 81.2 Å². The van der Waals surface area contributed by atoms with Crippen molar-refractivity contribution >= 4 is 29.7 Å². The highest BCUT2D eigenvalue weighted by atomic mass is 35.5. The molecule has 0 radical (unpaired) electrons. The van der Waals surface area contributed by atoms with Crippen LogP contribution in [-0.2, 0) is 11.3 Å². The summed E-state index contributed by atoms with van der Waals surface area (Å²) in [5.41, 5.74) is 6.59. The lowest BCUT2D eigenvalue weighted by Gasteiger charge is -2.16. The normalized spacial score (nSPS) is 20.6.